The van der Waals surface area contributed by atoms with Crippen LogP contribution in [0.25, 0.3) is 11.3 Å². The normalized spacial score (nSPS) is 10.2. The molecule has 0 aliphatic rings. The Balaban J connectivity index is 2.13. The van der Waals surface area contributed by atoms with Gasteiger partial charge in [-0.25, -0.2) is 0 Å². The van der Waals surface area contributed by atoms with E-state index in [-0.39, 0.29) is 5.91 Å². The fourth-order valence-electron chi connectivity index (χ4n) is 1.83. The molecule has 1 N–H and O–H groups in total. The molecule has 0 saturated carbocycles. The highest BCUT2D eigenvalue weighted by atomic mass is 16.1. The summed E-state index contributed by atoms with van der Waals surface area (Å²) in [6.07, 6.45) is 3.84. The molecule has 2 rings (SSSR count). The van der Waals surface area contributed by atoms with Gasteiger partial charge in [-0.05, 0) is 30.7 Å². The molecule has 1 aromatic carbocycles. The largest absolute Gasteiger partial charge is 0.352 e. The fourth-order valence-corrected chi connectivity index (χ4v) is 1.83. The fraction of sp³-hybridized carbons (Fsp3) is 0.250. The average Bonchev–Trinajstić information content (AvgIpc) is 2.48. The van der Waals surface area contributed by atoms with Crippen LogP contribution in [0.5, 0.6) is 0 Å². The second-order valence-electron chi connectivity index (χ2n) is 4.41. The minimum absolute atomic E-state index is 0.0220. The van der Waals surface area contributed by atoms with E-state index in [0.29, 0.717) is 5.56 Å². The van der Waals surface area contributed by atoms with Crippen molar-refractivity contribution in [3.05, 3.63) is 54.2 Å². The minimum atomic E-state index is -0.0220. The maximum Gasteiger partial charge on any atom is 0.251 e. The number of hydrogen-bond acceptors (Lipinski definition) is 2. The molecule has 0 saturated heterocycles. The molecule has 0 atom stereocenters. The third kappa shape index (κ3) is 3.65. The predicted octanol–water partition coefficient (Wildman–Crippen LogP) is 3.28. The van der Waals surface area contributed by atoms with Crippen LogP contribution in [-0.4, -0.2) is 17.4 Å². The molecule has 1 aromatic heterocycles. The third-order valence-corrected chi connectivity index (χ3v) is 2.90. The van der Waals surface area contributed by atoms with E-state index >= 15 is 0 Å². The Morgan fingerprint density at radius 3 is 2.84 bits per heavy atom. The number of nitrogens with one attached hydrogen (secondary N) is 1. The van der Waals surface area contributed by atoms with E-state index in [9.17, 15) is 4.79 Å². The van der Waals surface area contributed by atoms with Gasteiger partial charge in [0.1, 0.15) is 0 Å². The summed E-state index contributed by atoms with van der Waals surface area (Å²) in [6.45, 7) is 2.83. The number of amides is 1. The number of unbranched alkanes of at least 4 members (excludes halogenated alkanes) is 1. The second kappa shape index (κ2) is 6.69. The lowest BCUT2D eigenvalue weighted by Crippen LogP contribution is -2.24. The first-order valence-corrected chi connectivity index (χ1v) is 6.61. The Morgan fingerprint density at radius 1 is 1.21 bits per heavy atom. The van der Waals surface area contributed by atoms with Gasteiger partial charge in [0, 0.05) is 23.9 Å². The van der Waals surface area contributed by atoms with Gasteiger partial charge in [0.15, 0.2) is 0 Å². The lowest BCUT2D eigenvalue weighted by molar-refractivity contribution is 0.0953. The van der Waals surface area contributed by atoms with Crippen LogP contribution in [-0.2, 0) is 0 Å². The number of benzene rings is 1. The molecule has 98 valence electrons. The number of nitrogens with zero attached hydrogens (tertiary/aromatic N) is 1. The van der Waals surface area contributed by atoms with Crippen molar-refractivity contribution in [1.82, 2.24) is 10.3 Å². The zero-order valence-electron chi connectivity index (χ0n) is 11.1. The van der Waals surface area contributed by atoms with Gasteiger partial charge >= 0.3 is 0 Å². The number of hydrogen-bond donors (Lipinski definition) is 1. The summed E-state index contributed by atoms with van der Waals surface area (Å²) in [6, 6.07) is 13.3. The molecule has 3 nitrogen and oxygen atoms in total. The Kier molecular flexibility index (Phi) is 4.67. The van der Waals surface area contributed by atoms with Crippen molar-refractivity contribution in [2.75, 3.05) is 6.54 Å². The molecule has 1 heterocycles. The predicted molar refractivity (Wildman–Crippen MR) is 76.9 cm³/mol. The van der Waals surface area contributed by atoms with Crippen molar-refractivity contribution < 1.29 is 4.79 Å². The highest BCUT2D eigenvalue weighted by Crippen LogP contribution is 2.17. The van der Waals surface area contributed by atoms with E-state index in [1.165, 1.54) is 0 Å². The number of rotatable bonds is 5. The van der Waals surface area contributed by atoms with Crippen molar-refractivity contribution in [2.45, 2.75) is 19.8 Å². The molecule has 0 bridgehead atoms. The first-order chi connectivity index (χ1) is 9.31. The van der Waals surface area contributed by atoms with Gasteiger partial charge in [0.25, 0.3) is 5.91 Å². The maximum absolute atomic E-state index is 12.0. The summed E-state index contributed by atoms with van der Waals surface area (Å²) in [4.78, 5) is 16.3. The minimum Gasteiger partial charge on any atom is -0.352 e. The van der Waals surface area contributed by atoms with Gasteiger partial charge < -0.3 is 5.32 Å². The number of aromatic nitrogens is 1. The highest BCUT2D eigenvalue weighted by Gasteiger charge is 2.06. The second-order valence-corrected chi connectivity index (χ2v) is 4.41. The van der Waals surface area contributed by atoms with Crippen molar-refractivity contribution >= 4 is 5.91 Å². The highest BCUT2D eigenvalue weighted by molar-refractivity contribution is 5.95. The molecule has 0 spiro atoms. The van der Waals surface area contributed by atoms with Crippen molar-refractivity contribution in [1.29, 1.82) is 0 Å². The zero-order valence-corrected chi connectivity index (χ0v) is 11.1. The van der Waals surface area contributed by atoms with Crippen LogP contribution in [0, 0.1) is 0 Å². The Morgan fingerprint density at radius 2 is 2.11 bits per heavy atom. The van der Waals surface area contributed by atoms with Crippen molar-refractivity contribution in [2.24, 2.45) is 0 Å². The van der Waals surface area contributed by atoms with Gasteiger partial charge in [-0.3, -0.25) is 9.78 Å². The van der Waals surface area contributed by atoms with E-state index < -0.39 is 0 Å². The van der Waals surface area contributed by atoms with E-state index in [1.807, 2.05) is 42.5 Å². The molecule has 0 radical (unpaired) electrons. The van der Waals surface area contributed by atoms with Crippen LogP contribution < -0.4 is 5.32 Å². The van der Waals surface area contributed by atoms with Gasteiger partial charge in [0.2, 0.25) is 0 Å². The third-order valence-electron chi connectivity index (χ3n) is 2.90. The lowest BCUT2D eigenvalue weighted by Gasteiger charge is -2.06. The lowest BCUT2D eigenvalue weighted by atomic mass is 10.1. The maximum atomic E-state index is 12.0. The molecule has 19 heavy (non-hydrogen) atoms. The van der Waals surface area contributed by atoms with E-state index in [4.69, 9.17) is 0 Å². The van der Waals surface area contributed by atoms with Crippen LogP contribution >= 0.6 is 0 Å². The Hall–Kier alpha value is -2.16. The molecule has 3 heteroatoms. The van der Waals surface area contributed by atoms with Gasteiger partial charge in [-0.1, -0.05) is 31.5 Å². The molecule has 0 fully saturated rings. The molecule has 0 unspecified atom stereocenters. The monoisotopic (exact) mass is 254 g/mol. The van der Waals surface area contributed by atoms with E-state index in [1.54, 1.807) is 6.20 Å². The quantitative estimate of drug-likeness (QED) is 0.832. The molecular weight excluding hydrogens is 236 g/mol. The summed E-state index contributed by atoms with van der Waals surface area (Å²) < 4.78 is 0. The molecule has 0 aliphatic heterocycles. The number of carbonyl (C=O) groups excluding carboxylic acids is 1. The molecule has 0 aliphatic carbocycles. The Labute approximate surface area is 113 Å². The molecular formula is C16H18N2O. The van der Waals surface area contributed by atoms with E-state index in [2.05, 4.69) is 17.2 Å². The Bertz CT molecular complexity index is 537. The van der Waals surface area contributed by atoms with Gasteiger partial charge in [-0.15, -0.1) is 0 Å². The van der Waals surface area contributed by atoms with Crippen molar-refractivity contribution in [3.63, 3.8) is 0 Å². The molecule has 1 amide bonds. The topological polar surface area (TPSA) is 42.0 Å². The first kappa shape index (κ1) is 13.3. The van der Waals surface area contributed by atoms with Crippen LogP contribution in [0.4, 0.5) is 0 Å². The van der Waals surface area contributed by atoms with Gasteiger partial charge in [0.05, 0.1) is 5.69 Å². The summed E-state index contributed by atoms with van der Waals surface area (Å²) in [5.74, 6) is -0.0220. The standard InChI is InChI=1S/C16H18N2O/c1-2-3-10-18-16(19)14-8-6-7-13(12-14)15-9-4-5-11-17-15/h4-9,11-12H,2-3,10H2,1H3,(H,18,19). The molecule has 2 aromatic rings. The van der Waals surface area contributed by atoms with Crippen LogP contribution in [0.2, 0.25) is 0 Å². The first-order valence-electron chi connectivity index (χ1n) is 6.61. The smallest absolute Gasteiger partial charge is 0.251 e. The van der Waals surface area contributed by atoms with Gasteiger partial charge in [-0.2, -0.15) is 0 Å². The summed E-state index contributed by atoms with van der Waals surface area (Å²) in [5.41, 5.74) is 2.52. The van der Waals surface area contributed by atoms with Crippen LogP contribution in [0.15, 0.2) is 48.7 Å². The SMILES string of the molecule is CCCCNC(=O)c1cccc(-c2ccccn2)c1. The summed E-state index contributed by atoms with van der Waals surface area (Å²) in [5, 5.41) is 2.92. The number of pyridine rings is 1. The van der Waals surface area contributed by atoms with Crippen molar-refractivity contribution in [3.8, 4) is 11.3 Å². The van der Waals surface area contributed by atoms with Crippen LogP contribution in [0.1, 0.15) is 30.1 Å². The van der Waals surface area contributed by atoms with Crippen LogP contribution in [0.3, 0.4) is 0 Å². The van der Waals surface area contributed by atoms with E-state index in [0.717, 1.165) is 30.6 Å². The zero-order chi connectivity index (χ0) is 13.5. The average molecular weight is 254 g/mol. The number of carbonyl (C=O) groups is 1. The summed E-state index contributed by atoms with van der Waals surface area (Å²) in [7, 11) is 0. The summed E-state index contributed by atoms with van der Waals surface area (Å²) >= 11 is 0.